The number of carbonyl (C=O) groups excluding carboxylic acids is 1. The Balaban J connectivity index is 1.80. The van der Waals surface area contributed by atoms with Crippen molar-refractivity contribution in [1.82, 2.24) is 9.80 Å². The fraction of sp³-hybridized carbons (Fsp3) is 0.917. The zero-order valence-corrected chi connectivity index (χ0v) is 10.5. The lowest BCUT2D eigenvalue weighted by Crippen LogP contribution is -2.34. The van der Waals surface area contributed by atoms with Crippen LogP contribution in [0.15, 0.2) is 0 Å². The molecule has 1 atom stereocenters. The molecule has 0 saturated carbocycles. The summed E-state index contributed by atoms with van der Waals surface area (Å²) in [7, 11) is 2.06. The SMILES string of the molecule is CN1CC[C@@H](OC(=O)N2CCC(C)(C)C2)C1. The number of likely N-dealkylation sites (N-methyl/N-ethyl adjacent to an activating group) is 1. The van der Waals surface area contributed by atoms with Crippen LogP contribution in [0.4, 0.5) is 4.79 Å². The summed E-state index contributed by atoms with van der Waals surface area (Å²) in [6.45, 7) is 7.97. The third-order valence-electron chi connectivity index (χ3n) is 3.55. The van der Waals surface area contributed by atoms with E-state index in [9.17, 15) is 4.79 Å². The van der Waals surface area contributed by atoms with Crippen LogP contribution in [0.25, 0.3) is 0 Å². The summed E-state index contributed by atoms with van der Waals surface area (Å²) in [4.78, 5) is 15.9. The minimum Gasteiger partial charge on any atom is -0.445 e. The van der Waals surface area contributed by atoms with E-state index < -0.39 is 0 Å². The predicted octanol–water partition coefficient (Wildman–Crippen LogP) is 1.56. The minimum atomic E-state index is -0.120. The Morgan fingerprint density at radius 1 is 1.38 bits per heavy atom. The summed E-state index contributed by atoms with van der Waals surface area (Å²) < 4.78 is 5.50. The second kappa shape index (κ2) is 4.24. The van der Waals surface area contributed by atoms with Gasteiger partial charge < -0.3 is 14.5 Å². The van der Waals surface area contributed by atoms with Gasteiger partial charge in [-0.05, 0) is 25.3 Å². The molecule has 0 unspecified atom stereocenters. The van der Waals surface area contributed by atoms with Crippen molar-refractivity contribution in [2.45, 2.75) is 32.8 Å². The van der Waals surface area contributed by atoms with Crippen molar-refractivity contribution >= 4 is 6.09 Å². The quantitative estimate of drug-likeness (QED) is 0.680. The summed E-state index contributed by atoms with van der Waals surface area (Å²) in [5, 5.41) is 0. The van der Waals surface area contributed by atoms with E-state index in [1.165, 1.54) is 0 Å². The van der Waals surface area contributed by atoms with Gasteiger partial charge in [0.1, 0.15) is 6.10 Å². The third kappa shape index (κ3) is 2.67. The van der Waals surface area contributed by atoms with Gasteiger partial charge in [-0.3, -0.25) is 0 Å². The van der Waals surface area contributed by atoms with E-state index >= 15 is 0 Å². The van der Waals surface area contributed by atoms with Gasteiger partial charge >= 0.3 is 6.09 Å². The van der Waals surface area contributed by atoms with E-state index in [2.05, 4.69) is 25.8 Å². The van der Waals surface area contributed by atoms with E-state index in [4.69, 9.17) is 4.74 Å². The molecule has 0 N–H and O–H groups in total. The molecule has 2 aliphatic heterocycles. The fourth-order valence-corrected chi connectivity index (χ4v) is 2.48. The van der Waals surface area contributed by atoms with Crippen LogP contribution in [-0.2, 0) is 4.74 Å². The van der Waals surface area contributed by atoms with E-state index in [1.807, 2.05) is 4.90 Å². The Bertz CT molecular complexity index is 278. The number of ether oxygens (including phenoxy) is 1. The first kappa shape index (κ1) is 11.7. The normalized spacial score (nSPS) is 29.7. The first-order chi connectivity index (χ1) is 7.46. The maximum absolute atomic E-state index is 11.9. The lowest BCUT2D eigenvalue weighted by Gasteiger charge is -2.21. The average Bonchev–Trinajstić information content (AvgIpc) is 2.72. The summed E-state index contributed by atoms with van der Waals surface area (Å²) in [6, 6.07) is 0. The zero-order valence-electron chi connectivity index (χ0n) is 10.5. The van der Waals surface area contributed by atoms with Gasteiger partial charge in [0.05, 0.1) is 0 Å². The van der Waals surface area contributed by atoms with E-state index in [0.717, 1.165) is 39.0 Å². The molecule has 2 fully saturated rings. The lowest BCUT2D eigenvalue weighted by atomic mass is 9.93. The Morgan fingerprint density at radius 3 is 2.62 bits per heavy atom. The summed E-state index contributed by atoms with van der Waals surface area (Å²) in [5.74, 6) is 0. The monoisotopic (exact) mass is 226 g/mol. The van der Waals surface area contributed by atoms with E-state index in [-0.39, 0.29) is 17.6 Å². The molecule has 92 valence electrons. The molecule has 1 amide bonds. The molecule has 16 heavy (non-hydrogen) atoms. The second-order valence-electron chi connectivity index (χ2n) is 5.89. The molecule has 0 radical (unpaired) electrons. The zero-order chi connectivity index (χ0) is 11.8. The van der Waals surface area contributed by atoms with Gasteiger partial charge in [-0.15, -0.1) is 0 Å². The number of amides is 1. The van der Waals surface area contributed by atoms with Crippen LogP contribution in [-0.4, -0.2) is 55.2 Å². The van der Waals surface area contributed by atoms with Crippen LogP contribution < -0.4 is 0 Å². The maximum Gasteiger partial charge on any atom is 0.410 e. The summed E-state index contributed by atoms with van der Waals surface area (Å²) >= 11 is 0. The summed E-state index contributed by atoms with van der Waals surface area (Å²) in [6.07, 6.45) is 2.03. The van der Waals surface area contributed by atoms with Gasteiger partial charge in [0.15, 0.2) is 0 Å². The number of nitrogens with zero attached hydrogens (tertiary/aromatic N) is 2. The van der Waals surface area contributed by atoms with Crippen LogP contribution in [0.5, 0.6) is 0 Å². The molecule has 2 heterocycles. The molecular weight excluding hydrogens is 204 g/mol. The van der Waals surface area contributed by atoms with Crippen molar-refractivity contribution in [2.24, 2.45) is 5.41 Å². The van der Waals surface area contributed by atoms with Gasteiger partial charge in [0.25, 0.3) is 0 Å². The highest BCUT2D eigenvalue weighted by molar-refractivity contribution is 5.68. The topological polar surface area (TPSA) is 32.8 Å². The van der Waals surface area contributed by atoms with E-state index in [0.29, 0.717) is 0 Å². The number of hydrogen-bond acceptors (Lipinski definition) is 3. The van der Waals surface area contributed by atoms with Crippen molar-refractivity contribution in [3.05, 3.63) is 0 Å². The van der Waals surface area contributed by atoms with Gasteiger partial charge in [0.2, 0.25) is 0 Å². The molecule has 2 saturated heterocycles. The van der Waals surface area contributed by atoms with Gasteiger partial charge in [-0.1, -0.05) is 13.8 Å². The van der Waals surface area contributed by atoms with Crippen molar-refractivity contribution in [3.8, 4) is 0 Å². The van der Waals surface area contributed by atoms with Crippen LogP contribution in [0.1, 0.15) is 26.7 Å². The minimum absolute atomic E-state index is 0.0983. The molecule has 0 aliphatic carbocycles. The average molecular weight is 226 g/mol. The Labute approximate surface area is 97.5 Å². The third-order valence-corrected chi connectivity index (χ3v) is 3.55. The highest BCUT2D eigenvalue weighted by atomic mass is 16.6. The first-order valence-corrected chi connectivity index (χ1v) is 6.10. The number of likely N-dealkylation sites (tertiary alicyclic amines) is 2. The molecule has 4 heteroatoms. The molecule has 0 aromatic heterocycles. The van der Waals surface area contributed by atoms with Gasteiger partial charge in [0, 0.05) is 26.2 Å². The van der Waals surface area contributed by atoms with Crippen molar-refractivity contribution < 1.29 is 9.53 Å². The van der Waals surface area contributed by atoms with Crippen molar-refractivity contribution in [3.63, 3.8) is 0 Å². The number of carbonyl (C=O) groups is 1. The fourth-order valence-electron chi connectivity index (χ4n) is 2.48. The van der Waals surface area contributed by atoms with Gasteiger partial charge in [-0.2, -0.15) is 0 Å². The molecule has 4 nitrogen and oxygen atoms in total. The van der Waals surface area contributed by atoms with Gasteiger partial charge in [-0.25, -0.2) is 4.79 Å². The molecule has 0 aromatic carbocycles. The lowest BCUT2D eigenvalue weighted by molar-refractivity contribution is 0.0706. The molecule has 0 aromatic rings. The van der Waals surface area contributed by atoms with Crippen molar-refractivity contribution in [2.75, 3.05) is 33.2 Å². The second-order valence-corrected chi connectivity index (χ2v) is 5.89. The number of rotatable bonds is 1. The molecule has 0 spiro atoms. The first-order valence-electron chi connectivity index (χ1n) is 6.10. The largest absolute Gasteiger partial charge is 0.445 e. The highest BCUT2D eigenvalue weighted by Gasteiger charge is 2.34. The van der Waals surface area contributed by atoms with Crippen molar-refractivity contribution in [1.29, 1.82) is 0 Å². The van der Waals surface area contributed by atoms with Crippen LogP contribution in [0.3, 0.4) is 0 Å². The van der Waals surface area contributed by atoms with Crippen LogP contribution >= 0.6 is 0 Å². The Hall–Kier alpha value is -0.770. The molecule has 2 rings (SSSR count). The smallest absolute Gasteiger partial charge is 0.410 e. The van der Waals surface area contributed by atoms with Crippen LogP contribution in [0.2, 0.25) is 0 Å². The van der Waals surface area contributed by atoms with Crippen LogP contribution in [0, 0.1) is 5.41 Å². The number of hydrogen-bond donors (Lipinski definition) is 0. The molecule has 2 aliphatic rings. The highest BCUT2D eigenvalue weighted by Crippen LogP contribution is 2.29. The molecule has 0 bridgehead atoms. The maximum atomic E-state index is 11.9. The standard InChI is InChI=1S/C12H22N2O2/c1-12(2)5-7-14(9-12)11(15)16-10-4-6-13(3)8-10/h10H,4-9H2,1-3H3/t10-/m1/s1. The van der Waals surface area contributed by atoms with E-state index in [1.54, 1.807) is 0 Å². The Kier molecular flexibility index (Phi) is 3.10. The Morgan fingerprint density at radius 2 is 2.12 bits per heavy atom. The summed E-state index contributed by atoms with van der Waals surface area (Å²) in [5.41, 5.74) is 0.255. The predicted molar refractivity (Wildman–Crippen MR) is 62.4 cm³/mol. The molecular formula is C12H22N2O2.